The van der Waals surface area contributed by atoms with Gasteiger partial charge < -0.3 is 5.32 Å². The van der Waals surface area contributed by atoms with Crippen LogP contribution in [0.2, 0.25) is 0 Å². The molecule has 2 aromatic heterocycles. The third-order valence-electron chi connectivity index (χ3n) is 2.24. The molecule has 6 nitrogen and oxygen atoms in total. The Morgan fingerprint density at radius 3 is 3.17 bits per heavy atom. The highest BCUT2D eigenvalue weighted by molar-refractivity contribution is 5.91. The van der Waals surface area contributed by atoms with Gasteiger partial charge in [0.15, 0.2) is 0 Å². The van der Waals surface area contributed by atoms with Crippen molar-refractivity contribution in [2.24, 2.45) is 0 Å². The number of carbonyl (C=O) groups excluding carboxylic acids is 1. The maximum Gasteiger partial charge on any atom is 0.244 e. The SMILES string of the molecule is O=C(C=Cc1cccnc1)NCCc1ncn[nH]1. The minimum absolute atomic E-state index is 0.140. The molecule has 0 aliphatic rings. The van der Waals surface area contributed by atoms with E-state index in [2.05, 4.69) is 25.5 Å². The summed E-state index contributed by atoms with van der Waals surface area (Å²) in [4.78, 5) is 19.4. The first-order chi connectivity index (χ1) is 8.84. The lowest BCUT2D eigenvalue weighted by Crippen LogP contribution is -2.23. The number of pyridine rings is 1. The number of hydrogen-bond donors (Lipinski definition) is 2. The number of nitrogens with zero attached hydrogens (tertiary/aromatic N) is 3. The van der Waals surface area contributed by atoms with E-state index in [1.807, 2.05) is 12.1 Å². The van der Waals surface area contributed by atoms with E-state index in [0.717, 1.165) is 11.4 Å². The molecule has 2 heterocycles. The van der Waals surface area contributed by atoms with E-state index in [9.17, 15) is 4.79 Å². The number of H-pyrrole nitrogens is 1. The van der Waals surface area contributed by atoms with Crippen LogP contribution in [-0.4, -0.2) is 32.6 Å². The van der Waals surface area contributed by atoms with Crippen molar-refractivity contribution < 1.29 is 4.79 Å². The molecule has 18 heavy (non-hydrogen) atoms. The average Bonchev–Trinajstić information content (AvgIpc) is 2.91. The summed E-state index contributed by atoms with van der Waals surface area (Å²) >= 11 is 0. The number of aromatic amines is 1. The van der Waals surface area contributed by atoms with Gasteiger partial charge in [-0.05, 0) is 17.7 Å². The Morgan fingerprint density at radius 1 is 1.50 bits per heavy atom. The fourth-order valence-electron chi connectivity index (χ4n) is 1.36. The predicted octanol–water partition coefficient (Wildman–Crippen LogP) is 0.572. The molecule has 0 unspecified atom stereocenters. The van der Waals surface area contributed by atoms with E-state index in [-0.39, 0.29) is 5.91 Å². The van der Waals surface area contributed by atoms with Crippen molar-refractivity contribution in [3.05, 3.63) is 48.3 Å². The van der Waals surface area contributed by atoms with Crippen molar-refractivity contribution in [1.29, 1.82) is 0 Å². The summed E-state index contributed by atoms with van der Waals surface area (Å²) in [5.41, 5.74) is 0.892. The van der Waals surface area contributed by atoms with Crippen LogP contribution in [0, 0.1) is 0 Å². The molecule has 0 aliphatic heterocycles. The summed E-state index contributed by atoms with van der Waals surface area (Å²) in [6.45, 7) is 0.519. The molecule has 0 radical (unpaired) electrons. The molecule has 0 saturated heterocycles. The molecule has 2 aromatic rings. The molecule has 0 spiro atoms. The molecule has 0 fully saturated rings. The van der Waals surface area contributed by atoms with Crippen molar-refractivity contribution >= 4 is 12.0 Å². The van der Waals surface area contributed by atoms with Gasteiger partial charge in [0.1, 0.15) is 12.2 Å². The highest BCUT2D eigenvalue weighted by Gasteiger charge is 1.97. The van der Waals surface area contributed by atoms with Crippen LogP contribution < -0.4 is 5.32 Å². The maximum absolute atomic E-state index is 11.5. The molecule has 92 valence electrons. The van der Waals surface area contributed by atoms with Crippen molar-refractivity contribution in [2.75, 3.05) is 6.54 Å². The summed E-state index contributed by atoms with van der Waals surface area (Å²) in [6.07, 6.45) is 8.66. The van der Waals surface area contributed by atoms with Crippen LogP contribution in [0.25, 0.3) is 6.08 Å². The largest absolute Gasteiger partial charge is 0.352 e. The van der Waals surface area contributed by atoms with E-state index in [4.69, 9.17) is 0 Å². The van der Waals surface area contributed by atoms with Crippen LogP contribution in [0.15, 0.2) is 36.9 Å². The molecule has 0 bridgehead atoms. The fraction of sp³-hybridized carbons (Fsp3) is 0.167. The first kappa shape index (κ1) is 12.0. The monoisotopic (exact) mass is 243 g/mol. The standard InChI is InChI=1S/C12H13N5O/c18-12(4-3-10-2-1-6-13-8-10)14-7-5-11-15-9-16-17-11/h1-4,6,8-9H,5,7H2,(H,14,18)(H,15,16,17). The Hall–Kier alpha value is -2.50. The molecular weight excluding hydrogens is 230 g/mol. The van der Waals surface area contributed by atoms with Crippen molar-refractivity contribution in [3.63, 3.8) is 0 Å². The lowest BCUT2D eigenvalue weighted by molar-refractivity contribution is -0.116. The van der Waals surface area contributed by atoms with Crippen LogP contribution >= 0.6 is 0 Å². The number of hydrogen-bond acceptors (Lipinski definition) is 4. The van der Waals surface area contributed by atoms with Crippen LogP contribution in [0.4, 0.5) is 0 Å². The zero-order valence-electron chi connectivity index (χ0n) is 9.71. The van der Waals surface area contributed by atoms with E-state index >= 15 is 0 Å². The third-order valence-corrected chi connectivity index (χ3v) is 2.24. The minimum Gasteiger partial charge on any atom is -0.352 e. The van der Waals surface area contributed by atoms with Gasteiger partial charge >= 0.3 is 0 Å². The Morgan fingerprint density at radius 2 is 2.44 bits per heavy atom. The first-order valence-electron chi connectivity index (χ1n) is 5.55. The van der Waals surface area contributed by atoms with Crippen molar-refractivity contribution in [1.82, 2.24) is 25.5 Å². The van der Waals surface area contributed by atoms with Crippen LogP contribution in [0.5, 0.6) is 0 Å². The number of rotatable bonds is 5. The summed E-state index contributed by atoms with van der Waals surface area (Å²) in [5.74, 6) is 0.616. The number of nitrogens with one attached hydrogen (secondary N) is 2. The molecule has 0 aromatic carbocycles. The Labute approximate surface area is 104 Å². The lowest BCUT2D eigenvalue weighted by atomic mass is 10.2. The molecule has 0 atom stereocenters. The van der Waals surface area contributed by atoms with Crippen LogP contribution in [-0.2, 0) is 11.2 Å². The summed E-state index contributed by atoms with van der Waals surface area (Å²) in [5, 5.41) is 9.21. The van der Waals surface area contributed by atoms with Gasteiger partial charge in [-0.1, -0.05) is 6.07 Å². The van der Waals surface area contributed by atoms with Gasteiger partial charge in [-0.3, -0.25) is 14.9 Å². The topological polar surface area (TPSA) is 83.6 Å². The highest BCUT2D eigenvalue weighted by atomic mass is 16.1. The molecule has 2 rings (SSSR count). The number of amides is 1. The number of aromatic nitrogens is 4. The molecule has 2 N–H and O–H groups in total. The average molecular weight is 243 g/mol. The van der Waals surface area contributed by atoms with Gasteiger partial charge in [0.2, 0.25) is 5.91 Å². The second-order valence-electron chi connectivity index (χ2n) is 3.59. The molecule has 0 saturated carbocycles. The fourth-order valence-corrected chi connectivity index (χ4v) is 1.36. The zero-order valence-corrected chi connectivity index (χ0v) is 9.71. The molecule has 6 heteroatoms. The maximum atomic E-state index is 11.5. The van der Waals surface area contributed by atoms with E-state index in [1.165, 1.54) is 12.4 Å². The van der Waals surface area contributed by atoms with Crippen LogP contribution in [0.1, 0.15) is 11.4 Å². The van der Waals surface area contributed by atoms with Crippen LogP contribution in [0.3, 0.4) is 0 Å². The first-order valence-corrected chi connectivity index (χ1v) is 5.55. The Kier molecular flexibility index (Phi) is 4.18. The van der Waals surface area contributed by atoms with Gasteiger partial charge in [-0.25, -0.2) is 4.98 Å². The van der Waals surface area contributed by atoms with Gasteiger partial charge in [-0.2, -0.15) is 5.10 Å². The second kappa shape index (κ2) is 6.29. The second-order valence-corrected chi connectivity index (χ2v) is 3.59. The van der Waals surface area contributed by atoms with E-state index in [0.29, 0.717) is 13.0 Å². The third kappa shape index (κ3) is 3.82. The normalized spacial score (nSPS) is 10.7. The Bertz CT molecular complexity index is 507. The molecule has 0 aliphatic carbocycles. The minimum atomic E-state index is -0.140. The predicted molar refractivity (Wildman–Crippen MR) is 66.4 cm³/mol. The lowest BCUT2D eigenvalue weighted by Gasteiger charge is -1.99. The van der Waals surface area contributed by atoms with E-state index in [1.54, 1.807) is 18.5 Å². The zero-order chi connectivity index (χ0) is 12.6. The van der Waals surface area contributed by atoms with Gasteiger partial charge in [0, 0.05) is 31.4 Å². The quantitative estimate of drug-likeness (QED) is 0.752. The Balaban J connectivity index is 1.74. The molecular formula is C12H13N5O. The smallest absolute Gasteiger partial charge is 0.244 e. The van der Waals surface area contributed by atoms with E-state index < -0.39 is 0 Å². The summed E-state index contributed by atoms with van der Waals surface area (Å²) < 4.78 is 0. The highest BCUT2D eigenvalue weighted by Crippen LogP contribution is 1.97. The van der Waals surface area contributed by atoms with Gasteiger partial charge in [0.05, 0.1) is 0 Å². The van der Waals surface area contributed by atoms with Gasteiger partial charge in [-0.15, -0.1) is 0 Å². The van der Waals surface area contributed by atoms with Crippen molar-refractivity contribution in [2.45, 2.75) is 6.42 Å². The summed E-state index contributed by atoms with van der Waals surface area (Å²) in [7, 11) is 0. The van der Waals surface area contributed by atoms with Crippen molar-refractivity contribution in [3.8, 4) is 0 Å². The van der Waals surface area contributed by atoms with Gasteiger partial charge in [0.25, 0.3) is 0 Å². The summed E-state index contributed by atoms with van der Waals surface area (Å²) in [6, 6.07) is 3.70. The number of carbonyl (C=O) groups is 1. The molecule has 1 amide bonds.